The summed E-state index contributed by atoms with van der Waals surface area (Å²) in [6.07, 6.45) is 4.29. The number of hydrogen-bond donors (Lipinski definition) is 2. The van der Waals surface area contributed by atoms with Crippen LogP contribution >= 0.6 is 0 Å². The predicted octanol–water partition coefficient (Wildman–Crippen LogP) is 3.30. The number of nitrogens with two attached hydrogens (primary N) is 2. The number of carbonyl (C=O) groups excluding carboxylic acids is 2. The highest BCUT2D eigenvalue weighted by atomic mass is 19.1. The van der Waals surface area contributed by atoms with Crippen molar-refractivity contribution < 1.29 is 14.0 Å². The van der Waals surface area contributed by atoms with Crippen molar-refractivity contribution >= 4 is 17.8 Å². The Morgan fingerprint density at radius 3 is 2.70 bits per heavy atom. The van der Waals surface area contributed by atoms with Crippen LogP contribution in [0.2, 0.25) is 0 Å². The smallest absolute Gasteiger partial charge is 0.248 e. The first-order chi connectivity index (χ1) is 15.9. The summed E-state index contributed by atoms with van der Waals surface area (Å²) in [5.74, 6) is -0.579. The van der Waals surface area contributed by atoms with Crippen LogP contribution < -0.4 is 11.5 Å². The zero-order valence-corrected chi connectivity index (χ0v) is 18.2. The molecule has 1 aromatic heterocycles. The van der Waals surface area contributed by atoms with E-state index in [1.807, 2.05) is 11.0 Å². The topological polar surface area (TPSA) is 115 Å². The number of rotatable bonds is 6. The van der Waals surface area contributed by atoms with Crippen LogP contribution in [0.25, 0.3) is 11.1 Å². The van der Waals surface area contributed by atoms with E-state index >= 15 is 0 Å². The highest BCUT2D eigenvalue weighted by molar-refractivity contribution is 5.94. The molecule has 0 aliphatic carbocycles. The van der Waals surface area contributed by atoms with Crippen molar-refractivity contribution in [3.8, 4) is 11.1 Å². The van der Waals surface area contributed by atoms with E-state index in [9.17, 15) is 14.0 Å². The second-order valence-corrected chi connectivity index (χ2v) is 8.28. The summed E-state index contributed by atoms with van der Waals surface area (Å²) in [6, 6.07) is 13.2. The molecule has 2 amide bonds. The summed E-state index contributed by atoms with van der Waals surface area (Å²) in [7, 11) is 0. The second kappa shape index (κ2) is 9.77. The van der Waals surface area contributed by atoms with Gasteiger partial charge in [-0.2, -0.15) is 0 Å². The molecule has 1 saturated heterocycles. The van der Waals surface area contributed by atoms with E-state index in [0.29, 0.717) is 31.5 Å². The largest absolute Gasteiger partial charge is 0.368 e. The van der Waals surface area contributed by atoms with Gasteiger partial charge in [-0.15, -0.1) is 0 Å². The minimum atomic E-state index is -0.509. The SMILES string of the molecule is NC(=O)c1cccc(-c2cnc(N)nc2[C@H]2CCCN(C(=O)CCc3ccc(F)cc3)C2)c1. The van der Waals surface area contributed by atoms with Crippen molar-refractivity contribution in [1.29, 1.82) is 0 Å². The number of halogens is 1. The number of piperidine rings is 1. The highest BCUT2D eigenvalue weighted by Crippen LogP contribution is 2.34. The average Bonchev–Trinajstić information content (AvgIpc) is 2.83. The van der Waals surface area contributed by atoms with Gasteiger partial charge in [0.2, 0.25) is 17.8 Å². The molecule has 1 fully saturated rings. The summed E-state index contributed by atoms with van der Waals surface area (Å²) >= 11 is 0. The fourth-order valence-corrected chi connectivity index (χ4v) is 4.27. The van der Waals surface area contributed by atoms with E-state index in [1.165, 1.54) is 12.1 Å². The zero-order chi connectivity index (χ0) is 23.4. The van der Waals surface area contributed by atoms with E-state index in [1.54, 1.807) is 36.5 Å². The lowest BCUT2D eigenvalue weighted by molar-refractivity contribution is -0.132. The van der Waals surface area contributed by atoms with Gasteiger partial charge in [-0.1, -0.05) is 24.3 Å². The monoisotopic (exact) mass is 447 g/mol. The first-order valence-corrected chi connectivity index (χ1v) is 11.0. The maximum atomic E-state index is 13.1. The summed E-state index contributed by atoms with van der Waals surface area (Å²) in [5, 5.41) is 0. The van der Waals surface area contributed by atoms with Gasteiger partial charge in [0.1, 0.15) is 5.82 Å². The van der Waals surface area contributed by atoms with Crippen molar-refractivity contribution in [3.05, 3.63) is 77.4 Å². The molecular weight excluding hydrogens is 421 g/mol. The van der Waals surface area contributed by atoms with Gasteiger partial charge in [0.25, 0.3) is 0 Å². The molecule has 2 heterocycles. The van der Waals surface area contributed by atoms with Gasteiger partial charge in [-0.05, 0) is 54.7 Å². The van der Waals surface area contributed by atoms with Gasteiger partial charge in [-0.25, -0.2) is 14.4 Å². The first kappa shape index (κ1) is 22.4. The molecule has 0 saturated carbocycles. The van der Waals surface area contributed by atoms with Crippen LogP contribution in [0.3, 0.4) is 0 Å². The van der Waals surface area contributed by atoms with Crippen LogP contribution in [0.15, 0.2) is 54.7 Å². The number of benzene rings is 2. The van der Waals surface area contributed by atoms with Crippen LogP contribution in [-0.4, -0.2) is 39.8 Å². The summed E-state index contributed by atoms with van der Waals surface area (Å²) in [4.78, 5) is 35.1. The number of nitrogen functional groups attached to an aromatic ring is 1. The highest BCUT2D eigenvalue weighted by Gasteiger charge is 2.28. The van der Waals surface area contributed by atoms with Gasteiger partial charge in [-0.3, -0.25) is 9.59 Å². The summed E-state index contributed by atoms with van der Waals surface area (Å²) < 4.78 is 13.1. The minimum Gasteiger partial charge on any atom is -0.368 e. The van der Waals surface area contributed by atoms with Gasteiger partial charge >= 0.3 is 0 Å². The molecule has 2 aromatic carbocycles. The normalized spacial score (nSPS) is 15.9. The van der Waals surface area contributed by atoms with E-state index in [-0.39, 0.29) is 23.6 Å². The van der Waals surface area contributed by atoms with Crippen molar-refractivity contribution in [1.82, 2.24) is 14.9 Å². The summed E-state index contributed by atoms with van der Waals surface area (Å²) in [5.41, 5.74) is 15.0. The standard InChI is InChI=1S/C25H26FN5O2/c26-20-9-6-16(7-10-20)8-11-22(32)31-12-2-5-19(15-31)23-21(14-29-25(28)30-23)17-3-1-4-18(13-17)24(27)33/h1,3-4,6-7,9-10,13-14,19H,2,5,8,11-12,15H2,(H2,27,33)(H2,28,29,30)/t19-/m0/s1. The van der Waals surface area contributed by atoms with Crippen LogP contribution in [0, 0.1) is 5.82 Å². The number of nitrogens with zero attached hydrogens (tertiary/aromatic N) is 3. The molecule has 4 N–H and O–H groups in total. The first-order valence-electron chi connectivity index (χ1n) is 11.0. The third-order valence-electron chi connectivity index (χ3n) is 6.00. The summed E-state index contributed by atoms with van der Waals surface area (Å²) in [6.45, 7) is 1.22. The van der Waals surface area contributed by atoms with Gasteiger partial charge in [0.15, 0.2) is 0 Å². The Hall–Kier alpha value is -3.81. The van der Waals surface area contributed by atoms with E-state index < -0.39 is 5.91 Å². The van der Waals surface area contributed by atoms with Crippen LogP contribution in [-0.2, 0) is 11.2 Å². The molecule has 1 aliphatic heterocycles. The maximum Gasteiger partial charge on any atom is 0.248 e. The molecule has 170 valence electrons. The predicted molar refractivity (Wildman–Crippen MR) is 124 cm³/mol. The van der Waals surface area contributed by atoms with E-state index in [0.717, 1.165) is 35.2 Å². The van der Waals surface area contributed by atoms with Gasteiger partial charge in [0.05, 0.1) is 5.69 Å². The Labute approximate surface area is 191 Å². The number of likely N-dealkylation sites (tertiary alicyclic amines) is 1. The Kier molecular flexibility index (Phi) is 6.63. The lowest BCUT2D eigenvalue weighted by atomic mass is 9.89. The lowest BCUT2D eigenvalue weighted by Gasteiger charge is -2.33. The van der Waals surface area contributed by atoms with E-state index in [2.05, 4.69) is 9.97 Å². The van der Waals surface area contributed by atoms with Crippen molar-refractivity contribution in [3.63, 3.8) is 0 Å². The van der Waals surface area contributed by atoms with E-state index in [4.69, 9.17) is 11.5 Å². The van der Waals surface area contributed by atoms with Crippen molar-refractivity contribution in [2.75, 3.05) is 18.8 Å². The Morgan fingerprint density at radius 1 is 1.15 bits per heavy atom. The quantitative estimate of drug-likeness (QED) is 0.602. The van der Waals surface area contributed by atoms with Crippen LogP contribution in [0.4, 0.5) is 10.3 Å². The fourth-order valence-electron chi connectivity index (χ4n) is 4.27. The molecular formula is C25H26FN5O2. The number of anilines is 1. The molecule has 0 spiro atoms. The Morgan fingerprint density at radius 2 is 1.94 bits per heavy atom. The van der Waals surface area contributed by atoms with Crippen LogP contribution in [0.5, 0.6) is 0 Å². The fraction of sp³-hybridized carbons (Fsp3) is 0.280. The third kappa shape index (κ3) is 5.34. The van der Waals surface area contributed by atoms with Crippen LogP contribution in [0.1, 0.15) is 46.8 Å². The maximum absolute atomic E-state index is 13.1. The number of hydrogen-bond acceptors (Lipinski definition) is 5. The van der Waals surface area contributed by atoms with Crippen molar-refractivity contribution in [2.45, 2.75) is 31.6 Å². The lowest BCUT2D eigenvalue weighted by Crippen LogP contribution is -2.39. The molecule has 7 nitrogen and oxygen atoms in total. The molecule has 33 heavy (non-hydrogen) atoms. The number of amides is 2. The molecule has 3 aromatic rings. The van der Waals surface area contributed by atoms with Gasteiger partial charge in [0, 0.05) is 42.8 Å². The molecule has 0 radical (unpaired) electrons. The van der Waals surface area contributed by atoms with Gasteiger partial charge < -0.3 is 16.4 Å². The minimum absolute atomic E-state index is 0.00828. The average molecular weight is 448 g/mol. The Bertz CT molecular complexity index is 1170. The number of carbonyl (C=O) groups is 2. The number of primary amides is 1. The molecule has 1 atom stereocenters. The molecule has 0 bridgehead atoms. The van der Waals surface area contributed by atoms with Crippen molar-refractivity contribution in [2.24, 2.45) is 5.73 Å². The Balaban J connectivity index is 1.52. The third-order valence-corrected chi connectivity index (χ3v) is 6.00. The molecule has 1 aliphatic rings. The number of aromatic nitrogens is 2. The second-order valence-electron chi connectivity index (χ2n) is 8.28. The molecule has 4 rings (SSSR count). The molecule has 8 heteroatoms. The zero-order valence-electron chi connectivity index (χ0n) is 18.2. The molecule has 0 unspecified atom stereocenters. The number of aryl methyl sites for hydroxylation is 1.